The van der Waals surface area contributed by atoms with Crippen LogP contribution in [-0.4, -0.2) is 10.7 Å². The average Bonchev–Trinajstić information content (AvgIpc) is 2.15. The molecular formula is C13H17F3O. The molecule has 0 aliphatic carbocycles. The van der Waals surface area contributed by atoms with E-state index in [0.717, 1.165) is 12.5 Å². The van der Waals surface area contributed by atoms with E-state index in [1.54, 1.807) is 13.0 Å². The van der Waals surface area contributed by atoms with Gasteiger partial charge in [0.05, 0.1) is 11.2 Å². The van der Waals surface area contributed by atoms with E-state index < -0.39 is 17.3 Å². The Labute approximate surface area is 99.3 Å². The topological polar surface area (TPSA) is 20.2 Å². The van der Waals surface area contributed by atoms with E-state index in [9.17, 15) is 18.3 Å². The van der Waals surface area contributed by atoms with Gasteiger partial charge in [0.15, 0.2) is 0 Å². The first kappa shape index (κ1) is 14.0. The Hall–Kier alpha value is -1.03. The molecule has 4 heteroatoms. The van der Waals surface area contributed by atoms with Gasteiger partial charge in [0.1, 0.15) is 0 Å². The van der Waals surface area contributed by atoms with Crippen molar-refractivity contribution in [2.45, 2.75) is 44.9 Å². The Morgan fingerprint density at radius 3 is 2.29 bits per heavy atom. The second-order valence-electron chi connectivity index (χ2n) is 4.58. The second kappa shape index (κ2) is 5.08. The third-order valence-electron chi connectivity index (χ3n) is 2.68. The van der Waals surface area contributed by atoms with Gasteiger partial charge in [-0.15, -0.1) is 0 Å². The van der Waals surface area contributed by atoms with Gasteiger partial charge in [-0.1, -0.05) is 31.5 Å². The number of halogens is 3. The van der Waals surface area contributed by atoms with Crippen LogP contribution in [0.15, 0.2) is 24.3 Å². The summed E-state index contributed by atoms with van der Waals surface area (Å²) in [6, 6.07) is 5.40. The lowest BCUT2D eigenvalue weighted by Gasteiger charge is -2.24. The van der Waals surface area contributed by atoms with Gasteiger partial charge in [-0.05, 0) is 25.0 Å². The third kappa shape index (κ3) is 4.04. The Balaban J connectivity index is 2.99. The van der Waals surface area contributed by atoms with Crippen LogP contribution in [0.2, 0.25) is 0 Å². The number of aliphatic hydroxyl groups is 1. The molecule has 1 unspecified atom stereocenters. The Bertz CT molecular complexity index is 369. The lowest BCUT2D eigenvalue weighted by atomic mass is 9.90. The van der Waals surface area contributed by atoms with E-state index in [4.69, 9.17) is 0 Å². The maximum Gasteiger partial charge on any atom is 0.416 e. The van der Waals surface area contributed by atoms with Gasteiger partial charge < -0.3 is 5.11 Å². The van der Waals surface area contributed by atoms with Crippen LogP contribution >= 0.6 is 0 Å². The molecule has 1 aromatic rings. The van der Waals surface area contributed by atoms with Gasteiger partial charge in [0.25, 0.3) is 0 Å². The standard InChI is InChI=1S/C13H17F3O/c1-3-8-12(2,17)9-10-6-4-5-7-11(10)13(14,15)16/h4-7,17H,3,8-9H2,1-2H3. The monoisotopic (exact) mass is 246 g/mol. The summed E-state index contributed by atoms with van der Waals surface area (Å²) in [5.74, 6) is 0. The number of rotatable bonds is 4. The molecule has 17 heavy (non-hydrogen) atoms. The maximum absolute atomic E-state index is 12.7. The molecule has 0 aliphatic rings. The molecule has 0 saturated heterocycles. The van der Waals surface area contributed by atoms with E-state index in [0.29, 0.717) is 6.42 Å². The number of hydrogen-bond acceptors (Lipinski definition) is 1. The normalized spacial score (nSPS) is 15.6. The summed E-state index contributed by atoms with van der Waals surface area (Å²) in [5, 5.41) is 9.99. The van der Waals surface area contributed by atoms with Gasteiger partial charge in [-0.2, -0.15) is 13.2 Å². The summed E-state index contributed by atoms with van der Waals surface area (Å²) in [5.41, 5.74) is -1.59. The van der Waals surface area contributed by atoms with Crippen molar-refractivity contribution in [1.29, 1.82) is 0 Å². The van der Waals surface area contributed by atoms with Gasteiger partial charge in [0.2, 0.25) is 0 Å². The highest BCUT2D eigenvalue weighted by Crippen LogP contribution is 2.33. The van der Waals surface area contributed by atoms with Crippen LogP contribution < -0.4 is 0 Å². The summed E-state index contributed by atoms with van der Waals surface area (Å²) in [6.07, 6.45) is -3.12. The van der Waals surface area contributed by atoms with E-state index in [1.165, 1.54) is 12.1 Å². The lowest BCUT2D eigenvalue weighted by molar-refractivity contribution is -0.138. The first-order valence-electron chi connectivity index (χ1n) is 5.64. The minimum absolute atomic E-state index is 0.0243. The van der Waals surface area contributed by atoms with E-state index in [1.807, 2.05) is 6.92 Å². The van der Waals surface area contributed by atoms with Crippen LogP contribution in [0.1, 0.15) is 37.8 Å². The predicted octanol–water partition coefficient (Wildman–Crippen LogP) is 3.80. The van der Waals surface area contributed by atoms with E-state index in [2.05, 4.69) is 0 Å². The first-order valence-corrected chi connectivity index (χ1v) is 5.64. The van der Waals surface area contributed by atoms with Crippen molar-refractivity contribution in [2.75, 3.05) is 0 Å². The van der Waals surface area contributed by atoms with Crippen molar-refractivity contribution in [1.82, 2.24) is 0 Å². The molecule has 1 N–H and O–H groups in total. The zero-order valence-corrected chi connectivity index (χ0v) is 10.0. The largest absolute Gasteiger partial charge is 0.416 e. The summed E-state index contributed by atoms with van der Waals surface area (Å²) in [4.78, 5) is 0. The van der Waals surface area contributed by atoms with Gasteiger partial charge >= 0.3 is 6.18 Å². The molecule has 0 aromatic heterocycles. The van der Waals surface area contributed by atoms with Crippen molar-refractivity contribution in [3.05, 3.63) is 35.4 Å². The van der Waals surface area contributed by atoms with Crippen molar-refractivity contribution in [3.63, 3.8) is 0 Å². The molecule has 0 fully saturated rings. The Kier molecular flexibility index (Phi) is 4.20. The highest BCUT2D eigenvalue weighted by Gasteiger charge is 2.34. The van der Waals surface area contributed by atoms with Gasteiger partial charge in [0, 0.05) is 6.42 Å². The number of alkyl halides is 3. The van der Waals surface area contributed by atoms with Crippen molar-refractivity contribution in [3.8, 4) is 0 Å². The highest BCUT2D eigenvalue weighted by molar-refractivity contribution is 5.30. The molecule has 0 aliphatic heterocycles. The van der Waals surface area contributed by atoms with Crippen LogP contribution in [-0.2, 0) is 12.6 Å². The zero-order valence-electron chi connectivity index (χ0n) is 10.0. The molecule has 0 bridgehead atoms. The second-order valence-corrected chi connectivity index (χ2v) is 4.58. The molecule has 0 amide bonds. The van der Waals surface area contributed by atoms with Gasteiger partial charge in [-0.3, -0.25) is 0 Å². The van der Waals surface area contributed by atoms with Gasteiger partial charge in [-0.25, -0.2) is 0 Å². The molecule has 0 radical (unpaired) electrons. The molecule has 96 valence electrons. The van der Waals surface area contributed by atoms with E-state index >= 15 is 0 Å². The van der Waals surface area contributed by atoms with Crippen molar-refractivity contribution in [2.24, 2.45) is 0 Å². The van der Waals surface area contributed by atoms with Crippen molar-refractivity contribution >= 4 is 0 Å². The summed E-state index contributed by atoms with van der Waals surface area (Å²) >= 11 is 0. The summed E-state index contributed by atoms with van der Waals surface area (Å²) in [7, 11) is 0. The van der Waals surface area contributed by atoms with Crippen molar-refractivity contribution < 1.29 is 18.3 Å². The SMILES string of the molecule is CCCC(C)(O)Cc1ccccc1C(F)(F)F. The third-order valence-corrected chi connectivity index (χ3v) is 2.68. The van der Waals surface area contributed by atoms with E-state index in [-0.39, 0.29) is 12.0 Å². The quantitative estimate of drug-likeness (QED) is 0.856. The van der Waals surface area contributed by atoms with Crippen LogP contribution in [0.4, 0.5) is 13.2 Å². The fourth-order valence-corrected chi connectivity index (χ4v) is 1.99. The number of hydrogen-bond donors (Lipinski definition) is 1. The fraction of sp³-hybridized carbons (Fsp3) is 0.538. The van der Waals surface area contributed by atoms with Crippen LogP contribution in [0.5, 0.6) is 0 Å². The summed E-state index contributed by atoms with van der Waals surface area (Å²) < 4.78 is 38.2. The predicted molar refractivity (Wildman–Crippen MR) is 60.7 cm³/mol. The molecule has 1 rings (SSSR count). The Morgan fingerprint density at radius 1 is 1.18 bits per heavy atom. The molecule has 0 saturated carbocycles. The smallest absolute Gasteiger partial charge is 0.390 e. The maximum atomic E-state index is 12.7. The molecule has 0 spiro atoms. The minimum Gasteiger partial charge on any atom is -0.390 e. The number of benzene rings is 1. The molecule has 0 heterocycles. The molecule has 1 atom stereocenters. The average molecular weight is 246 g/mol. The molecule has 1 aromatic carbocycles. The molecular weight excluding hydrogens is 229 g/mol. The van der Waals surface area contributed by atoms with Crippen LogP contribution in [0, 0.1) is 0 Å². The van der Waals surface area contributed by atoms with Crippen LogP contribution in [0.25, 0.3) is 0 Å². The highest BCUT2D eigenvalue weighted by atomic mass is 19.4. The Morgan fingerprint density at radius 2 is 1.76 bits per heavy atom. The lowest BCUT2D eigenvalue weighted by Crippen LogP contribution is -2.28. The summed E-state index contributed by atoms with van der Waals surface area (Å²) in [6.45, 7) is 3.47. The molecule has 1 nitrogen and oxygen atoms in total. The minimum atomic E-state index is -4.36. The fourth-order valence-electron chi connectivity index (χ4n) is 1.99. The zero-order chi connectivity index (χ0) is 13.1. The first-order chi connectivity index (χ1) is 7.76. The van der Waals surface area contributed by atoms with Crippen LogP contribution in [0.3, 0.4) is 0 Å².